The van der Waals surface area contributed by atoms with Crippen molar-refractivity contribution in [3.8, 4) is 5.75 Å². The molecule has 0 aliphatic heterocycles. The smallest absolute Gasteiger partial charge is 0.256 e. The van der Waals surface area contributed by atoms with Gasteiger partial charge in [0, 0.05) is 23.6 Å². The largest absolute Gasteiger partial charge is 0.493 e. The Morgan fingerprint density at radius 2 is 1.83 bits per heavy atom. The Labute approximate surface area is 144 Å². The first kappa shape index (κ1) is 18.3. The Morgan fingerprint density at radius 3 is 2.42 bits per heavy atom. The maximum atomic E-state index is 12.8. The van der Waals surface area contributed by atoms with E-state index in [1.54, 1.807) is 7.11 Å². The summed E-state index contributed by atoms with van der Waals surface area (Å²) in [7, 11) is 1.58. The fraction of sp³-hybridized carbons (Fsp3) is 0.450. The standard InChI is InChI=1S/C20H27NO3/c1-6-24-18-12-11-17(15-9-7-8-10-16(15)18)21-19(22)20(4,23-5)13-14(2)3/h7-12,14H,6,13H2,1-5H3,(H,21,22)/t20-/m0/s1. The molecule has 1 atom stereocenters. The van der Waals surface area contributed by atoms with Crippen LogP contribution >= 0.6 is 0 Å². The number of benzene rings is 2. The molecule has 0 aromatic heterocycles. The molecule has 0 heterocycles. The Morgan fingerprint density at radius 1 is 1.17 bits per heavy atom. The molecule has 0 fully saturated rings. The highest BCUT2D eigenvalue weighted by Gasteiger charge is 2.34. The van der Waals surface area contributed by atoms with Crippen LogP contribution in [0.3, 0.4) is 0 Å². The van der Waals surface area contributed by atoms with Gasteiger partial charge in [-0.25, -0.2) is 0 Å². The molecule has 4 nitrogen and oxygen atoms in total. The number of hydrogen-bond donors (Lipinski definition) is 1. The molecule has 0 aliphatic rings. The summed E-state index contributed by atoms with van der Waals surface area (Å²) in [4.78, 5) is 12.8. The molecule has 0 saturated carbocycles. The molecule has 24 heavy (non-hydrogen) atoms. The molecular weight excluding hydrogens is 302 g/mol. The normalized spacial score (nSPS) is 13.8. The van der Waals surface area contributed by atoms with E-state index >= 15 is 0 Å². The number of ether oxygens (including phenoxy) is 2. The molecule has 4 heteroatoms. The molecule has 0 bridgehead atoms. The van der Waals surface area contributed by atoms with Gasteiger partial charge in [-0.3, -0.25) is 4.79 Å². The maximum absolute atomic E-state index is 12.8. The van der Waals surface area contributed by atoms with Gasteiger partial charge in [0.25, 0.3) is 5.91 Å². The van der Waals surface area contributed by atoms with Crippen LogP contribution in [0.2, 0.25) is 0 Å². The maximum Gasteiger partial charge on any atom is 0.256 e. The first-order valence-corrected chi connectivity index (χ1v) is 8.42. The number of nitrogens with one attached hydrogen (secondary N) is 1. The number of hydrogen-bond acceptors (Lipinski definition) is 3. The molecular formula is C20H27NO3. The van der Waals surface area contributed by atoms with E-state index in [4.69, 9.17) is 9.47 Å². The van der Waals surface area contributed by atoms with Crippen molar-refractivity contribution in [2.24, 2.45) is 5.92 Å². The molecule has 130 valence electrons. The van der Waals surface area contributed by atoms with Crippen LogP contribution in [0, 0.1) is 5.92 Å². The molecule has 2 aromatic carbocycles. The van der Waals surface area contributed by atoms with E-state index in [2.05, 4.69) is 19.2 Å². The molecule has 1 N–H and O–H groups in total. The van der Waals surface area contributed by atoms with Gasteiger partial charge in [0.2, 0.25) is 0 Å². The third kappa shape index (κ3) is 3.88. The van der Waals surface area contributed by atoms with Gasteiger partial charge in [0.05, 0.1) is 6.61 Å². The van der Waals surface area contributed by atoms with Crippen LogP contribution in [0.1, 0.15) is 34.1 Å². The van der Waals surface area contributed by atoms with Crippen molar-refractivity contribution in [1.82, 2.24) is 0 Å². The topological polar surface area (TPSA) is 47.6 Å². The number of fused-ring (bicyclic) bond motifs is 1. The van der Waals surface area contributed by atoms with Gasteiger partial charge in [-0.2, -0.15) is 0 Å². The van der Waals surface area contributed by atoms with E-state index in [1.165, 1.54) is 0 Å². The highest BCUT2D eigenvalue weighted by atomic mass is 16.5. The first-order valence-electron chi connectivity index (χ1n) is 8.42. The Bertz CT molecular complexity index is 711. The molecule has 2 rings (SSSR count). The number of methoxy groups -OCH3 is 1. The van der Waals surface area contributed by atoms with Crippen molar-refractivity contribution in [2.75, 3.05) is 19.0 Å². The number of rotatable bonds is 7. The number of carbonyl (C=O) groups excluding carboxylic acids is 1. The van der Waals surface area contributed by atoms with E-state index in [0.29, 0.717) is 18.9 Å². The molecule has 0 radical (unpaired) electrons. The zero-order chi connectivity index (χ0) is 17.7. The van der Waals surface area contributed by atoms with Gasteiger partial charge in [-0.1, -0.05) is 38.1 Å². The molecule has 2 aromatic rings. The fourth-order valence-corrected chi connectivity index (χ4v) is 2.96. The van der Waals surface area contributed by atoms with Gasteiger partial charge in [0.15, 0.2) is 0 Å². The van der Waals surface area contributed by atoms with Crippen LogP contribution in [0.5, 0.6) is 5.75 Å². The first-order chi connectivity index (χ1) is 11.4. The minimum Gasteiger partial charge on any atom is -0.493 e. The predicted molar refractivity (Wildman–Crippen MR) is 98.6 cm³/mol. The third-order valence-electron chi connectivity index (χ3n) is 4.16. The van der Waals surface area contributed by atoms with Crippen LogP contribution < -0.4 is 10.1 Å². The zero-order valence-electron chi connectivity index (χ0n) is 15.2. The number of anilines is 1. The van der Waals surface area contributed by atoms with E-state index in [0.717, 1.165) is 22.2 Å². The van der Waals surface area contributed by atoms with Gasteiger partial charge >= 0.3 is 0 Å². The Hall–Kier alpha value is -2.07. The van der Waals surface area contributed by atoms with Crippen LogP contribution in [0.15, 0.2) is 36.4 Å². The highest BCUT2D eigenvalue weighted by Crippen LogP contribution is 2.32. The summed E-state index contributed by atoms with van der Waals surface area (Å²) in [6.07, 6.45) is 0.657. The van der Waals surface area contributed by atoms with E-state index in [9.17, 15) is 4.79 Å². The lowest BCUT2D eigenvalue weighted by Gasteiger charge is -2.28. The quantitative estimate of drug-likeness (QED) is 0.806. The number of amides is 1. The summed E-state index contributed by atoms with van der Waals surface area (Å²) in [5, 5.41) is 4.98. The van der Waals surface area contributed by atoms with Crippen LogP contribution in [0.4, 0.5) is 5.69 Å². The van der Waals surface area contributed by atoms with Gasteiger partial charge < -0.3 is 14.8 Å². The van der Waals surface area contributed by atoms with Crippen molar-refractivity contribution in [3.63, 3.8) is 0 Å². The van der Waals surface area contributed by atoms with Crippen molar-refractivity contribution in [3.05, 3.63) is 36.4 Å². The molecule has 1 amide bonds. The average molecular weight is 329 g/mol. The minimum atomic E-state index is -0.853. The summed E-state index contributed by atoms with van der Waals surface area (Å²) in [6.45, 7) is 8.55. The summed E-state index contributed by atoms with van der Waals surface area (Å²) in [6, 6.07) is 11.7. The lowest BCUT2D eigenvalue weighted by atomic mass is 9.93. The second-order valence-electron chi connectivity index (χ2n) is 6.58. The summed E-state index contributed by atoms with van der Waals surface area (Å²) in [5.41, 5.74) is -0.0838. The van der Waals surface area contributed by atoms with Gasteiger partial charge in [-0.15, -0.1) is 0 Å². The van der Waals surface area contributed by atoms with Crippen LogP contribution in [0.25, 0.3) is 10.8 Å². The highest BCUT2D eigenvalue weighted by molar-refractivity contribution is 6.06. The van der Waals surface area contributed by atoms with Gasteiger partial charge in [0.1, 0.15) is 11.4 Å². The minimum absolute atomic E-state index is 0.131. The lowest BCUT2D eigenvalue weighted by molar-refractivity contribution is -0.137. The Kier molecular flexibility index (Phi) is 5.84. The summed E-state index contributed by atoms with van der Waals surface area (Å²) >= 11 is 0. The molecule has 0 aliphatic carbocycles. The number of carbonyl (C=O) groups is 1. The second-order valence-corrected chi connectivity index (χ2v) is 6.58. The summed E-state index contributed by atoms with van der Waals surface area (Å²) in [5.74, 6) is 1.05. The van der Waals surface area contributed by atoms with E-state index in [1.807, 2.05) is 50.2 Å². The Balaban J connectivity index is 2.36. The fourth-order valence-electron chi connectivity index (χ4n) is 2.96. The zero-order valence-corrected chi connectivity index (χ0v) is 15.2. The molecule has 0 unspecified atom stereocenters. The SMILES string of the molecule is CCOc1ccc(NC(=O)[C@](C)(CC(C)C)OC)c2ccccc12. The molecule has 0 spiro atoms. The van der Waals surface area contributed by atoms with Crippen molar-refractivity contribution >= 4 is 22.4 Å². The lowest BCUT2D eigenvalue weighted by Crippen LogP contribution is -2.43. The summed E-state index contributed by atoms with van der Waals surface area (Å²) < 4.78 is 11.2. The van der Waals surface area contributed by atoms with Crippen LogP contribution in [-0.4, -0.2) is 25.2 Å². The second kappa shape index (κ2) is 7.67. The predicted octanol–water partition coefficient (Wildman–Crippen LogP) is 4.63. The molecule has 0 saturated heterocycles. The van der Waals surface area contributed by atoms with Crippen LogP contribution in [-0.2, 0) is 9.53 Å². The van der Waals surface area contributed by atoms with E-state index in [-0.39, 0.29) is 5.91 Å². The average Bonchev–Trinajstić information content (AvgIpc) is 2.56. The monoisotopic (exact) mass is 329 g/mol. The van der Waals surface area contributed by atoms with Gasteiger partial charge in [-0.05, 0) is 38.3 Å². The van der Waals surface area contributed by atoms with Crippen molar-refractivity contribution in [1.29, 1.82) is 0 Å². The van der Waals surface area contributed by atoms with E-state index < -0.39 is 5.60 Å². The third-order valence-corrected chi connectivity index (χ3v) is 4.16. The van der Waals surface area contributed by atoms with Crippen molar-refractivity contribution in [2.45, 2.75) is 39.7 Å². The van der Waals surface area contributed by atoms with Crippen molar-refractivity contribution < 1.29 is 14.3 Å².